The van der Waals surface area contributed by atoms with Gasteiger partial charge in [0.15, 0.2) is 0 Å². The standard InChI is InChI=1S/C10H14BrNO2/c1-13-6-8(12)7-4-3-5-9(14-2)10(7)11/h3-5,8H,6,12H2,1-2H3/t8-/m0/s1. The quantitative estimate of drug-likeness (QED) is 0.901. The molecule has 1 rings (SSSR count). The van der Waals surface area contributed by atoms with Crippen LogP contribution >= 0.6 is 15.9 Å². The Kier molecular flexibility index (Phi) is 4.38. The summed E-state index contributed by atoms with van der Waals surface area (Å²) in [6.07, 6.45) is 0. The van der Waals surface area contributed by atoms with Crippen LogP contribution < -0.4 is 10.5 Å². The molecule has 0 amide bonds. The van der Waals surface area contributed by atoms with Gasteiger partial charge < -0.3 is 15.2 Å². The smallest absolute Gasteiger partial charge is 0.133 e. The van der Waals surface area contributed by atoms with Crippen LogP contribution in [0.25, 0.3) is 0 Å². The Hall–Kier alpha value is -0.580. The topological polar surface area (TPSA) is 44.5 Å². The van der Waals surface area contributed by atoms with E-state index in [0.717, 1.165) is 15.8 Å². The molecule has 2 N–H and O–H groups in total. The molecule has 1 aromatic rings. The first-order valence-electron chi connectivity index (χ1n) is 4.27. The van der Waals surface area contributed by atoms with Crippen molar-refractivity contribution in [3.05, 3.63) is 28.2 Å². The minimum absolute atomic E-state index is 0.135. The van der Waals surface area contributed by atoms with Crippen LogP contribution in [0.15, 0.2) is 22.7 Å². The Morgan fingerprint density at radius 2 is 2.14 bits per heavy atom. The van der Waals surface area contributed by atoms with E-state index in [1.165, 1.54) is 0 Å². The van der Waals surface area contributed by atoms with Gasteiger partial charge in [0.2, 0.25) is 0 Å². The summed E-state index contributed by atoms with van der Waals surface area (Å²) in [4.78, 5) is 0. The van der Waals surface area contributed by atoms with Crippen LogP contribution in [0.3, 0.4) is 0 Å². The SMILES string of the molecule is COC[C@H](N)c1cccc(OC)c1Br. The highest BCUT2D eigenvalue weighted by Crippen LogP contribution is 2.31. The number of ether oxygens (including phenoxy) is 2. The van der Waals surface area contributed by atoms with Gasteiger partial charge in [-0.15, -0.1) is 0 Å². The van der Waals surface area contributed by atoms with Crippen molar-refractivity contribution in [1.29, 1.82) is 0 Å². The Morgan fingerprint density at radius 3 is 2.71 bits per heavy atom. The second-order valence-electron chi connectivity index (χ2n) is 2.93. The summed E-state index contributed by atoms with van der Waals surface area (Å²) in [5.41, 5.74) is 6.91. The van der Waals surface area contributed by atoms with Crippen molar-refractivity contribution in [3.8, 4) is 5.75 Å². The Morgan fingerprint density at radius 1 is 1.43 bits per heavy atom. The second kappa shape index (κ2) is 5.34. The normalized spacial score (nSPS) is 12.6. The highest BCUT2D eigenvalue weighted by atomic mass is 79.9. The molecule has 14 heavy (non-hydrogen) atoms. The minimum atomic E-state index is -0.135. The van der Waals surface area contributed by atoms with Crippen molar-refractivity contribution in [2.45, 2.75) is 6.04 Å². The predicted molar refractivity (Wildman–Crippen MR) is 59.5 cm³/mol. The number of benzene rings is 1. The molecule has 3 nitrogen and oxygen atoms in total. The number of hydrogen-bond acceptors (Lipinski definition) is 3. The Balaban J connectivity index is 2.96. The fourth-order valence-electron chi connectivity index (χ4n) is 1.24. The molecule has 0 unspecified atom stereocenters. The lowest BCUT2D eigenvalue weighted by Crippen LogP contribution is -2.16. The maximum absolute atomic E-state index is 5.92. The van der Waals surface area contributed by atoms with Crippen molar-refractivity contribution in [2.75, 3.05) is 20.8 Å². The molecule has 0 radical (unpaired) electrons. The van der Waals surface area contributed by atoms with Gasteiger partial charge in [0, 0.05) is 7.11 Å². The summed E-state index contributed by atoms with van der Waals surface area (Å²) in [6, 6.07) is 5.61. The van der Waals surface area contributed by atoms with Gasteiger partial charge in [0.05, 0.1) is 24.2 Å². The molecule has 0 aliphatic carbocycles. The first-order valence-corrected chi connectivity index (χ1v) is 5.07. The summed E-state index contributed by atoms with van der Waals surface area (Å²) in [6.45, 7) is 0.492. The minimum Gasteiger partial charge on any atom is -0.496 e. The zero-order valence-corrected chi connectivity index (χ0v) is 9.87. The van der Waals surface area contributed by atoms with Crippen LogP contribution in [-0.2, 0) is 4.74 Å². The molecule has 0 spiro atoms. The van der Waals surface area contributed by atoms with Crippen LogP contribution in [0.2, 0.25) is 0 Å². The lowest BCUT2D eigenvalue weighted by atomic mass is 10.1. The third kappa shape index (κ3) is 2.47. The van der Waals surface area contributed by atoms with Crippen LogP contribution in [-0.4, -0.2) is 20.8 Å². The first kappa shape index (κ1) is 11.5. The van der Waals surface area contributed by atoms with Gasteiger partial charge in [-0.05, 0) is 27.6 Å². The number of halogens is 1. The first-order chi connectivity index (χ1) is 6.70. The number of hydrogen-bond donors (Lipinski definition) is 1. The van der Waals surface area contributed by atoms with E-state index in [2.05, 4.69) is 15.9 Å². The third-order valence-electron chi connectivity index (χ3n) is 1.96. The summed E-state index contributed by atoms with van der Waals surface area (Å²) in [5, 5.41) is 0. The average molecular weight is 260 g/mol. The van der Waals surface area contributed by atoms with E-state index in [0.29, 0.717) is 6.61 Å². The summed E-state index contributed by atoms with van der Waals surface area (Å²) >= 11 is 3.45. The number of methoxy groups -OCH3 is 2. The third-order valence-corrected chi connectivity index (χ3v) is 2.81. The van der Waals surface area contributed by atoms with Gasteiger partial charge in [-0.2, -0.15) is 0 Å². The van der Waals surface area contributed by atoms with Crippen molar-refractivity contribution in [1.82, 2.24) is 0 Å². The van der Waals surface area contributed by atoms with Crippen molar-refractivity contribution < 1.29 is 9.47 Å². The molecule has 4 heteroatoms. The van der Waals surface area contributed by atoms with Gasteiger partial charge in [-0.1, -0.05) is 12.1 Å². The van der Waals surface area contributed by atoms with Gasteiger partial charge >= 0.3 is 0 Å². The van der Waals surface area contributed by atoms with E-state index in [-0.39, 0.29) is 6.04 Å². The monoisotopic (exact) mass is 259 g/mol. The highest BCUT2D eigenvalue weighted by Gasteiger charge is 2.12. The van der Waals surface area contributed by atoms with Crippen LogP contribution in [0.1, 0.15) is 11.6 Å². The zero-order valence-electron chi connectivity index (χ0n) is 8.29. The average Bonchev–Trinajstić information content (AvgIpc) is 2.18. The number of nitrogens with two attached hydrogens (primary N) is 1. The van der Waals surface area contributed by atoms with Gasteiger partial charge in [0.25, 0.3) is 0 Å². The van der Waals surface area contributed by atoms with E-state index in [1.807, 2.05) is 18.2 Å². The maximum atomic E-state index is 5.92. The lowest BCUT2D eigenvalue weighted by molar-refractivity contribution is 0.180. The van der Waals surface area contributed by atoms with Crippen LogP contribution in [0.5, 0.6) is 5.75 Å². The number of rotatable bonds is 4. The van der Waals surface area contributed by atoms with E-state index in [9.17, 15) is 0 Å². The largest absolute Gasteiger partial charge is 0.496 e. The molecule has 0 bridgehead atoms. The molecule has 1 aromatic carbocycles. The van der Waals surface area contributed by atoms with E-state index in [4.69, 9.17) is 15.2 Å². The molecule has 0 saturated heterocycles. The molecular weight excluding hydrogens is 246 g/mol. The van der Waals surface area contributed by atoms with Gasteiger partial charge in [-0.25, -0.2) is 0 Å². The van der Waals surface area contributed by atoms with Crippen LogP contribution in [0, 0.1) is 0 Å². The zero-order chi connectivity index (χ0) is 10.6. The molecule has 0 saturated carbocycles. The fourth-order valence-corrected chi connectivity index (χ4v) is 1.96. The van der Waals surface area contributed by atoms with E-state index >= 15 is 0 Å². The van der Waals surface area contributed by atoms with Crippen LogP contribution in [0.4, 0.5) is 0 Å². The molecule has 0 aliphatic heterocycles. The lowest BCUT2D eigenvalue weighted by Gasteiger charge is -2.14. The molecule has 1 atom stereocenters. The molecule has 0 aliphatic rings. The van der Waals surface area contributed by atoms with Crippen molar-refractivity contribution in [2.24, 2.45) is 5.73 Å². The molecule has 78 valence electrons. The molecule has 0 heterocycles. The van der Waals surface area contributed by atoms with E-state index in [1.54, 1.807) is 14.2 Å². The van der Waals surface area contributed by atoms with E-state index < -0.39 is 0 Å². The Bertz CT molecular complexity index is 304. The van der Waals surface area contributed by atoms with Gasteiger partial charge in [-0.3, -0.25) is 0 Å². The second-order valence-corrected chi connectivity index (χ2v) is 3.72. The fraction of sp³-hybridized carbons (Fsp3) is 0.400. The summed E-state index contributed by atoms with van der Waals surface area (Å²) in [7, 11) is 3.26. The molecule has 0 fully saturated rings. The van der Waals surface area contributed by atoms with Crippen molar-refractivity contribution >= 4 is 15.9 Å². The van der Waals surface area contributed by atoms with Gasteiger partial charge in [0.1, 0.15) is 5.75 Å². The molecular formula is C10H14BrNO2. The maximum Gasteiger partial charge on any atom is 0.133 e. The highest BCUT2D eigenvalue weighted by molar-refractivity contribution is 9.10. The summed E-state index contributed by atoms with van der Waals surface area (Å²) < 4.78 is 11.1. The Labute approximate surface area is 92.3 Å². The molecule has 0 aromatic heterocycles. The summed E-state index contributed by atoms with van der Waals surface area (Å²) in [5.74, 6) is 0.786. The predicted octanol–water partition coefficient (Wildman–Crippen LogP) is 2.10. The van der Waals surface area contributed by atoms with Crippen molar-refractivity contribution in [3.63, 3.8) is 0 Å².